The maximum atomic E-state index is 12.9. The minimum Gasteiger partial charge on any atom is -0.497 e. The van der Waals surface area contributed by atoms with Crippen molar-refractivity contribution < 1.29 is 9.53 Å². The third kappa shape index (κ3) is 3.91. The molecule has 0 aliphatic carbocycles. The Morgan fingerprint density at radius 2 is 2.04 bits per heavy atom. The zero-order valence-corrected chi connectivity index (χ0v) is 15.8. The van der Waals surface area contributed by atoms with Gasteiger partial charge in [0.25, 0.3) is 5.91 Å². The fraction of sp³-hybridized carbons (Fsp3) is 0.200. The summed E-state index contributed by atoms with van der Waals surface area (Å²) in [6.45, 7) is 0.538. The summed E-state index contributed by atoms with van der Waals surface area (Å²) in [5, 5.41) is 7.01. The van der Waals surface area contributed by atoms with E-state index < -0.39 is 0 Å². The standard InChI is InChI=1S/C20H21N3O2S/c1-23(13-14-6-4-9-17(10-14)26-3)20(24)18-12-21-22-19(18)15-7-5-8-16(11-15)25-2/h4-12H,13H2,1-3H3,(H,21,22). The molecule has 0 aliphatic rings. The van der Waals surface area contributed by atoms with E-state index in [1.807, 2.05) is 42.7 Å². The highest BCUT2D eigenvalue weighted by molar-refractivity contribution is 7.98. The normalized spacial score (nSPS) is 10.6. The molecule has 0 fully saturated rings. The van der Waals surface area contributed by atoms with Crippen LogP contribution < -0.4 is 4.74 Å². The van der Waals surface area contributed by atoms with Crippen LogP contribution in [-0.4, -0.2) is 41.4 Å². The summed E-state index contributed by atoms with van der Waals surface area (Å²) in [7, 11) is 3.42. The van der Waals surface area contributed by atoms with Crippen LogP contribution in [0, 0.1) is 0 Å². The van der Waals surface area contributed by atoms with E-state index in [0.29, 0.717) is 17.8 Å². The number of ether oxygens (including phenoxy) is 1. The molecule has 0 spiro atoms. The van der Waals surface area contributed by atoms with E-state index in [1.165, 1.54) is 4.90 Å². The van der Waals surface area contributed by atoms with Gasteiger partial charge in [0.05, 0.1) is 24.6 Å². The summed E-state index contributed by atoms with van der Waals surface area (Å²) >= 11 is 1.69. The molecule has 0 aliphatic heterocycles. The summed E-state index contributed by atoms with van der Waals surface area (Å²) in [5.74, 6) is 0.656. The van der Waals surface area contributed by atoms with Crippen molar-refractivity contribution in [1.29, 1.82) is 0 Å². The third-order valence-electron chi connectivity index (χ3n) is 4.13. The average Bonchev–Trinajstić information content (AvgIpc) is 3.17. The number of aromatic nitrogens is 2. The number of methoxy groups -OCH3 is 1. The van der Waals surface area contributed by atoms with Crippen molar-refractivity contribution in [3.8, 4) is 17.0 Å². The molecule has 0 bridgehead atoms. The Balaban J connectivity index is 1.82. The number of H-pyrrole nitrogens is 1. The van der Waals surface area contributed by atoms with E-state index >= 15 is 0 Å². The maximum Gasteiger partial charge on any atom is 0.257 e. The van der Waals surface area contributed by atoms with Crippen LogP contribution in [0.25, 0.3) is 11.3 Å². The fourth-order valence-corrected chi connectivity index (χ4v) is 3.25. The Morgan fingerprint density at radius 3 is 2.81 bits per heavy atom. The number of rotatable bonds is 6. The summed E-state index contributed by atoms with van der Waals surface area (Å²) < 4.78 is 5.27. The molecule has 6 heteroatoms. The first kappa shape index (κ1) is 18.1. The van der Waals surface area contributed by atoms with Gasteiger partial charge in [-0.05, 0) is 36.1 Å². The number of benzene rings is 2. The number of hydrogen-bond acceptors (Lipinski definition) is 4. The molecule has 1 aromatic heterocycles. The molecule has 1 heterocycles. The first-order valence-electron chi connectivity index (χ1n) is 8.18. The van der Waals surface area contributed by atoms with Gasteiger partial charge in [-0.15, -0.1) is 11.8 Å². The van der Waals surface area contributed by atoms with Gasteiger partial charge in [-0.2, -0.15) is 5.10 Å². The van der Waals surface area contributed by atoms with E-state index in [0.717, 1.165) is 16.9 Å². The minimum atomic E-state index is -0.0777. The lowest BCUT2D eigenvalue weighted by Crippen LogP contribution is -2.26. The predicted molar refractivity (Wildman–Crippen MR) is 105 cm³/mol. The van der Waals surface area contributed by atoms with Crippen LogP contribution in [0.5, 0.6) is 5.75 Å². The molecular formula is C20H21N3O2S. The highest BCUT2D eigenvalue weighted by Crippen LogP contribution is 2.26. The van der Waals surface area contributed by atoms with Gasteiger partial charge in [0.1, 0.15) is 5.75 Å². The first-order valence-corrected chi connectivity index (χ1v) is 9.41. The average molecular weight is 367 g/mol. The van der Waals surface area contributed by atoms with Gasteiger partial charge in [0, 0.05) is 24.1 Å². The van der Waals surface area contributed by atoms with Gasteiger partial charge in [-0.1, -0.05) is 24.3 Å². The molecule has 0 saturated carbocycles. The molecule has 0 saturated heterocycles. The molecule has 134 valence electrons. The molecule has 5 nitrogen and oxygen atoms in total. The van der Waals surface area contributed by atoms with Crippen molar-refractivity contribution >= 4 is 17.7 Å². The fourth-order valence-electron chi connectivity index (χ4n) is 2.77. The van der Waals surface area contributed by atoms with E-state index in [-0.39, 0.29) is 5.91 Å². The third-order valence-corrected chi connectivity index (χ3v) is 4.85. The van der Waals surface area contributed by atoms with Crippen molar-refractivity contribution in [3.63, 3.8) is 0 Å². The van der Waals surface area contributed by atoms with Gasteiger partial charge in [-0.25, -0.2) is 0 Å². The molecule has 1 N–H and O–H groups in total. The van der Waals surface area contributed by atoms with Crippen LogP contribution in [0.2, 0.25) is 0 Å². The van der Waals surface area contributed by atoms with Crippen molar-refractivity contribution in [2.45, 2.75) is 11.4 Å². The molecule has 26 heavy (non-hydrogen) atoms. The molecule has 0 unspecified atom stereocenters. The molecule has 3 rings (SSSR count). The largest absolute Gasteiger partial charge is 0.497 e. The zero-order valence-electron chi connectivity index (χ0n) is 15.0. The van der Waals surface area contributed by atoms with E-state index in [4.69, 9.17) is 4.74 Å². The molecule has 2 aromatic carbocycles. The summed E-state index contributed by atoms with van der Waals surface area (Å²) in [6.07, 6.45) is 3.62. The van der Waals surface area contributed by atoms with Gasteiger partial charge in [-0.3, -0.25) is 9.89 Å². The number of hydrogen-bond donors (Lipinski definition) is 1. The summed E-state index contributed by atoms with van der Waals surface area (Å²) in [6, 6.07) is 15.8. The number of amides is 1. The highest BCUT2D eigenvalue weighted by Gasteiger charge is 2.19. The lowest BCUT2D eigenvalue weighted by molar-refractivity contribution is 0.0786. The molecular weight excluding hydrogens is 346 g/mol. The van der Waals surface area contributed by atoms with Crippen LogP contribution in [0.1, 0.15) is 15.9 Å². The number of nitrogens with one attached hydrogen (secondary N) is 1. The number of thioether (sulfide) groups is 1. The van der Waals surface area contributed by atoms with Gasteiger partial charge >= 0.3 is 0 Å². The Labute approximate surface area is 157 Å². The second kappa shape index (κ2) is 8.10. The smallest absolute Gasteiger partial charge is 0.257 e. The Kier molecular flexibility index (Phi) is 5.63. The Morgan fingerprint density at radius 1 is 1.23 bits per heavy atom. The van der Waals surface area contributed by atoms with Crippen molar-refractivity contribution in [3.05, 3.63) is 65.9 Å². The van der Waals surface area contributed by atoms with Crippen LogP contribution in [0.15, 0.2) is 59.6 Å². The quantitative estimate of drug-likeness (QED) is 0.667. The number of carbonyl (C=O) groups is 1. The second-order valence-corrected chi connectivity index (χ2v) is 6.78. The van der Waals surface area contributed by atoms with Crippen LogP contribution in [0.4, 0.5) is 0 Å². The van der Waals surface area contributed by atoms with Crippen LogP contribution in [-0.2, 0) is 6.54 Å². The number of nitrogens with zero attached hydrogens (tertiary/aromatic N) is 2. The molecule has 1 amide bonds. The minimum absolute atomic E-state index is 0.0777. The van der Waals surface area contributed by atoms with E-state index in [2.05, 4.69) is 22.3 Å². The van der Waals surface area contributed by atoms with Crippen molar-refractivity contribution in [1.82, 2.24) is 15.1 Å². The van der Waals surface area contributed by atoms with Crippen LogP contribution in [0.3, 0.4) is 0 Å². The topological polar surface area (TPSA) is 58.2 Å². The summed E-state index contributed by atoms with van der Waals surface area (Å²) in [4.78, 5) is 15.8. The molecule has 0 atom stereocenters. The number of carbonyl (C=O) groups excluding carboxylic acids is 1. The Bertz CT molecular complexity index is 907. The predicted octanol–water partition coefficient (Wildman–Crippen LogP) is 4.08. The van der Waals surface area contributed by atoms with Gasteiger partial charge < -0.3 is 9.64 Å². The monoisotopic (exact) mass is 367 g/mol. The van der Waals surface area contributed by atoms with Gasteiger partial charge in [0.2, 0.25) is 0 Å². The number of aromatic amines is 1. The SMILES string of the molecule is COc1cccc(-c2[nH]ncc2C(=O)N(C)Cc2cccc(SC)c2)c1. The van der Waals surface area contributed by atoms with Crippen LogP contribution >= 0.6 is 11.8 Å². The van der Waals surface area contributed by atoms with Gasteiger partial charge in [0.15, 0.2) is 0 Å². The highest BCUT2D eigenvalue weighted by atomic mass is 32.2. The van der Waals surface area contributed by atoms with E-state index in [1.54, 1.807) is 37.0 Å². The van der Waals surface area contributed by atoms with E-state index in [9.17, 15) is 4.79 Å². The van der Waals surface area contributed by atoms with Crippen molar-refractivity contribution in [2.24, 2.45) is 0 Å². The second-order valence-electron chi connectivity index (χ2n) is 5.90. The Hall–Kier alpha value is -2.73. The zero-order chi connectivity index (χ0) is 18.5. The molecule has 3 aromatic rings. The maximum absolute atomic E-state index is 12.9. The summed E-state index contributed by atoms with van der Waals surface area (Å²) in [5.41, 5.74) is 3.20. The molecule has 0 radical (unpaired) electrons. The first-order chi connectivity index (χ1) is 12.6. The lowest BCUT2D eigenvalue weighted by Gasteiger charge is -2.18. The van der Waals surface area contributed by atoms with Crippen molar-refractivity contribution in [2.75, 3.05) is 20.4 Å². The lowest BCUT2D eigenvalue weighted by atomic mass is 10.1.